The molecule has 0 saturated carbocycles. The van der Waals surface area contributed by atoms with E-state index in [1.54, 1.807) is 12.4 Å². The normalized spacial score (nSPS) is 10.4. The Morgan fingerprint density at radius 2 is 2.27 bits per heavy atom. The lowest BCUT2D eigenvalue weighted by Gasteiger charge is -2.06. The van der Waals surface area contributed by atoms with E-state index in [1.807, 2.05) is 19.9 Å². The highest BCUT2D eigenvalue weighted by molar-refractivity contribution is 9.10. The third-order valence-corrected chi connectivity index (χ3v) is 2.28. The van der Waals surface area contributed by atoms with Crippen LogP contribution in [-0.4, -0.2) is 10.9 Å². The predicted octanol–water partition coefficient (Wildman–Crippen LogP) is 2.51. The van der Waals surface area contributed by atoms with Gasteiger partial charge in [0.15, 0.2) is 0 Å². The maximum atomic E-state index is 11.4. The van der Waals surface area contributed by atoms with Crippen molar-refractivity contribution in [1.29, 1.82) is 0 Å². The van der Waals surface area contributed by atoms with Crippen LogP contribution in [-0.2, 0) is 11.3 Å². The Labute approximate surface area is 98.4 Å². The minimum Gasteiger partial charge on any atom is -0.352 e. The van der Waals surface area contributed by atoms with Crippen molar-refractivity contribution < 1.29 is 4.79 Å². The number of nitrogens with zero attached hydrogens (tertiary/aromatic N) is 1. The van der Waals surface area contributed by atoms with Gasteiger partial charge < -0.3 is 5.32 Å². The highest BCUT2D eigenvalue weighted by atomic mass is 79.9. The molecule has 0 saturated heterocycles. The number of aromatic nitrogens is 1. The molecule has 1 amide bonds. The third kappa shape index (κ3) is 4.93. The molecule has 0 atom stereocenters. The molecular formula is C11H15BrN2O. The summed E-state index contributed by atoms with van der Waals surface area (Å²) in [6.07, 6.45) is 4.04. The summed E-state index contributed by atoms with van der Waals surface area (Å²) in [6.45, 7) is 4.60. The molecule has 0 aromatic carbocycles. The second kappa shape index (κ2) is 5.85. The Kier molecular flexibility index (Phi) is 4.75. The first kappa shape index (κ1) is 12.2. The van der Waals surface area contributed by atoms with E-state index in [-0.39, 0.29) is 5.91 Å². The molecule has 0 aliphatic heterocycles. The van der Waals surface area contributed by atoms with Crippen molar-refractivity contribution in [1.82, 2.24) is 10.3 Å². The number of pyridine rings is 1. The van der Waals surface area contributed by atoms with Crippen LogP contribution < -0.4 is 5.32 Å². The van der Waals surface area contributed by atoms with Crippen LogP contribution in [0.3, 0.4) is 0 Å². The number of halogens is 1. The number of hydrogen-bond acceptors (Lipinski definition) is 2. The van der Waals surface area contributed by atoms with Gasteiger partial charge >= 0.3 is 0 Å². The molecule has 1 aromatic heterocycles. The van der Waals surface area contributed by atoms with Crippen molar-refractivity contribution in [2.75, 3.05) is 0 Å². The van der Waals surface area contributed by atoms with Crippen molar-refractivity contribution in [2.45, 2.75) is 26.8 Å². The molecule has 1 heterocycles. The van der Waals surface area contributed by atoms with Crippen molar-refractivity contribution in [3.8, 4) is 0 Å². The zero-order chi connectivity index (χ0) is 11.3. The van der Waals surface area contributed by atoms with Crippen LogP contribution >= 0.6 is 15.9 Å². The van der Waals surface area contributed by atoms with Gasteiger partial charge in [-0.05, 0) is 33.5 Å². The summed E-state index contributed by atoms with van der Waals surface area (Å²) in [6, 6.07) is 1.95. The molecule has 82 valence electrons. The van der Waals surface area contributed by atoms with Gasteiger partial charge in [-0.25, -0.2) is 0 Å². The van der Waals surface area contributed by atoms with Gasteiger partial charge in [-0.15, -0.1) is 0 Å². The number of hydrogen-bond donors (Lipinski definition) is 1. The van der Waals surface area contributed by atoms with Crippen LogP contribution in [0.1, 0.15) is 25.8 Å². The van der Waals surface area contributed by atoms with Gasteiger partial charge in [-0.1, -0.05) is 13.8 Å². The summed E-state index contributed by atoms with van der Waals surface area (Å²) in [4.78, 5) is 15.4. The number of amides is 1. The van der Waals surface area contributed by atoms with Gasteiger partial charge in [0.2, 0.25) is 5.91 Å². The molecule has 0 fully saturated rings. The van der Waals surface area contributed by atoms with Gasteiger partial charge in [0.1, 0.15) is 0 Å². The molecule has 0 aliphatic rings. The molecule has 0 radical (unpaired) electrons. The topological polar surface area (TPSA) is 42.0 Å². The van der Waals surface area contributed by atoms with Crippen molar-refractivity contribution >= 4 is 21.8 Å². The van der Waals surface area contributed by atoms with E-state index < -0.39 is 0 Å². The van der Waals surface area contributed by atoms with Crippen LogP contribution in [0.5, 0.6) is 0 Å². The van der Waals surface area contributed by atoms with E-state index in [1.165, 1.54) is 0 Å². The molecule has 1 N–H and O–H groups in total. The first-order valence-electron chi connectivity index (χ1n) is 4.94. The quantitative estimate of drug-likeness (QED) is 0.914. The predicted molar refractivity (Wildman–Crippen MR) is 63.2 cm³/mol. The van der Waals surface area contributed by atoms with Crippen LogP contribution in [0.25, 0.3) is 0 Å². The summed E-state index contributed by atoms with van der Waals surface area (Å²) >= 11 is 3.33. The van der Waals surface area contributed by atoms with Gasteiger partial charge in [-0.3, -0.25) is 9.78 Å². The Morgan fingerprint density at radius 3 is 2.87 bits per heavy atom. The number of carbonyl (C=O) groups is 1. The van der Waals surface area contributed by atoms with E-state index in [0.717, 1.165) is 10.0 Å². The Morgan fingerprint density at radius 1 is 1.53 bits per heavy atom. The first-order valence-corrected chi connectivity index (χ1v) is 5.73. The zero-order valence-corrected chi connectivity index (χ0v) is 10.5. The van der Waals surface area contributed by atoms with Crippen LogP contribution in [0.15, 0.2) is 22.9 Å². The molecule has 0 spiro atoms. The minimum atomic E-state index is 0.0879. The standard InChI is InChI=1S/C11H15BrN2O/c1-8(2)3-11(15)14-6-9-4-10(12)7-13-5-9/h4-5,7-8H,3,6H2,1-2H3,(H,14,15). The lowest BCUT2D eigenvalue weighted by atomic mass is 10.1. The number of rotatable bonds is 4. The fraction of sp³-hybridized carbons (Fsp3) is 0.455. The fourth-order valence-corrected chi connectivity index (χ4v) is 1.61. The number of carbonyl (C=O) groups excluding carboxylic acids is 1. The summed E-state index contributed by atoms with van der Waals surface area (Å²) in [7, 11) is 0. The molecule has 0 bridgehead atoms. The third-order valence-electron chi connectivity index (χ3n) is 1.84. The minimum absolute atomic E-state index is 0.0879. The monoisotopic (exact) mass is 270 g/mol. The van der Waals surface area contributed by atoms with Gasteiger partial charge in [0.05, 0.1) is 0 Å². The van der Waals surface area contributed by atoms with E-state index in [2.05, 4.69) is 26.2 Å². The maximum absolute atomic E-state index is 11.4. The number of nitrogens with one attached hydrogen (secondary N) is 1. The van der Waals surface area contributed by atoms with Crippen molar-refractivity contribution in [2.24, 2.45) is 5.92 Å². The lowest BCUT2D eigenvalue weighted by molar-refractivity contribution is -0.121. The average molecular weight is 271 g/mol. The summed E-state index contributed by atoms with van der Waals surface area (Å²) in [5, 5.41) is 2.86. The molecule has 1 rings (SSSR count). The molecule has 1 aromatic rings. The lowest BCUT2D eigenvalue weighted by Crippen LogP contribution is -2.23. The zero-order valence-electron chi connectivity index (χ0n) is 8.96. The second-order valence-electron chi connectivity index (χ2n) is 3.89. The van der Waals surface area contributed by atoms with E-state index >= 15 is 0 Å². The summed E-state index contributed by atoms with van der Waals surface area (Å²) in [5.41, 5.74) is 1.00. The highest BCUT2D eigenvalue weighted by Gasteiger charge is 2.04. The average Bonchev–Trinajstić information content (AvgIpc) is 2.14. The van der Waals surface area contributed by atoms with E-state index in [9.17, 15) is 4.79 Å². The van der Waals surface area contributed by atoms with Crippen LogP contribution in [0.2, 0.25) is 0 Å². The van der Waals surface area contributed by atoms with Gasteiger partial charge in [0, 0.05) is 29.8 Å². The first-order chi connectivity index (χ1) is 7.08. The van der Waals surface area contributed by atoms with Crippen LogP contribution in [0, 0.1) is 5.92 Å². The summed E-state index contributed by atoms with van der Waals surface area (Å²) < 4.78 is 0.929. The molecule has 3 nitrogen and oxygen atoms in total. The fourth-order valence-electron chi connectivity index (χ4n) is 1.20. The van der Waals surface area contributed by atoms with Crippen molar-refractivity contribution in [3.05, 3.63) is 28.5 Å². The van der Waals surface area contributed by atoms with Gasteiger partial charge in [0.25, 0.3) is 0 Å². The van der Waals surface area contributed by atoms with Crippen LogP contribution in [0.4, 0.5) is 0 Å². The molecule has 15 heavy (non-hydrogen) atoms. The molecule has 4 heteroatoms. The highest BCUT2D eigenvalue weighted by Crippen LogP contribution is 2.09. The molecule has 0 aliphatic carbocycles. The Bertz CT molecular complexity index is 339. The van der Waals surface area contributed by atoms with E-state index in [4.69, 9.17) is 0 Å². The Hall–Kier alpha value is -0.900. The maximum Gasteiger partial charge on any atom is 0.220 e. The smallest absolute Gasteiger partial charge is 0.220 e. The van der Waals surface area contributed by atoms with Gasteiger partial charge in [-0.2, -0.15) is 0 Å². The molecule has 0 unspecified atom stereocenters. The largest absolute Gasteiger partial charge is 0.352 e. The van der Waals surface area contributed by atoms with Crippen molar-refractivity contribution in [3.63, 3.8) is 0 Å². The second-order valence-corrected chi connectivity index (χ2v) is 4.80. The summed E-state index contributed by atoms with van der Waals surface area (Å²) in [5.74, 6) is 0.482. The van der Waals surface area contributed by atoms with E-state index in [0.29, 0.717) is 18.9 Å². The Balaban J connectivity index is 2.40. The molecular weight excluding hydrogens is 256 g/mol. The SMILES string of the molecule is CC(C)CC(=O)NCc1cncc(Br)c1.